The largest absolute Gasteiger partial charge is 0.509 e. The zero-order valence-corrected chi connectivity index (χ0v) is 28.3. The molecule has 1 amide bonds. The summed E-state index contributed by atoms with van der Waals surface area (Å²) in [6.07, 6.45) is 1.22. The molecule has 11 nitrogen and oxygen atoms in total. The van der Waals surface area contributed by atoms with Crippen molar-refractivity contribution in [3.05, 3.63) is 65.7 Å². The van der Waals surface area contributed by atoms with Gasteiger partial charge in [-0.3, -0.25) is 9.80 Å². The SMILES string of the molecule is COc1ccc(C[C@H]2NC[C@H](OC(=O)OC(C)(C)C)[C@H]2OC(=O)NCC[C@H]2CN(CC3CCCO3)CCN2Cc2ccccc2)cc1. The van der Waals surface area contributed by atoms with Crippen LogP contribution in [0.25, 0.3) is 0 Å². The number of nitrogens with one attached hydrogen (secondary N) is 2. The summed E-state index contributed by atoms with van der Waals surface area (Å²) in [7, 11) is 1.63. The Kier molecular flexibility index (Phi) is 12.4. The molecule has 2 aromatic carbocycles. The lowest BCUT2D eigenvalue weighted by Crippen LogP contribution is -2.54. The maximum Gasteiger partial charge on any atom is 0.509 e. The van der Waals surface area contributed by atoms with Gasteiger partial charge in [0.1, 0.15) is 11.4 Å². The number of methoxy groups -OCH3 is 1. The number of carbonyl (C=O) groups is 2. The summed E-state index contributed by atoms with van der Waals surface area (Å²) in [4.78, 5) is 30.9. The number of alkyl carbamates (subject to hydrolysis) is 1. The van der Waals surface area contributed by atoms with Gasteiger partial charge in [0, 0.05) is 58.5 Å². The summed E-state index contributed by atoms with van der Waals surface area (Å²) in [5, 5.41) is 6.38. The van der Waals surface area contributed by atoms with Crippen molar-refractivity contribution in [2.24, 2.45) is 0 Å². The molecule has 0 spiro atoms. The molecule has 5 rings (SSSR count). The molecular formula is C36H52N4O7. The zero-order chi connectivity index (χ0) is 33.2. The molecule has 0 bridgehead atoms. The van der Waals surface area contributed by atoms with Crippen LogP contribution in [-0.2, 0) is 31.9 Å². The molecule has 0 aromatic heterocycles. The van der Waals surface area contributed by atoms with E-state index in [-0.39, 0.29) is 12.1 Å². The quantitative estimate of drug-likeness (QED) is 0.321. The minimum Gasteiger partial charge on any atom is -0.497 e. The number of carbonyl (C=O) groups excluding carboxylic acids is 2. The van der Waals surface area contributed by atoms with E-state index in [1.54, 1.807) is 27.9 Å². The van der Waals surface area contributed by atoms with Crippen molar-refractivity contribution in [1.29, 1.82) is 0 Å². The second kappa shape index (κ2) is 16.6. The van der Waals surface area contributed by atoms with Crippen LogP contribution < -0.4 is 15.4 Å². The molecule has 3 fully saturated rings. The minimum absolute atomic E-state index is 0.257. The summed E-state index contributed by atoms with van der Waals surface area (Å²) < 4.78 is 28.3. The molecule has 3 saturated heterocycles. The first-order valence-electron chi connectivity index (χ1n) is 17.0. The highest BCUT2D eigenvalue weighted by Crippen LogP contribution is 2.23. The maximum atomic E-state index is 13.3. The fourth-order valence-corrected chi connectivity index (χ4v) is 6.63. The van der Waals surface area contributed by atoms with Crippen LogP contribution in [0.4, 0.5) is 9.59 Å². The number of nitrogens with zero attached hydrogens (tertiary/aromatic N) is 2. The Morgan fingerprint density at radius 1 is 1.02 bits per heavy atom. The Labute approximate surface area is 279 Å². The minimum atomic E-state index is -0.785. The van der Waals surface area contributed by atoms with Crippen molar-refractivity contribution in [2.45, 2.75) is 89.0 Å². The lowest BCUT2D eigenvalue weighted by atomic mass is 10.0. The van der Waals surface area contributed by atoms with E-state index in [4.69, 9.17) is 23.7 Å². The molecule has 0 radical (unpaired) electrons. The van der Waals surface area contributed by atoms with Crippen LogP contribution in [-0.4, -0.2) is 111 Å². The first kappa shape index (κ1) is 34.9. The molecule has 5 atom stereocenters. The standard InChI is InChI=1S/C36H52N4O7/c1-36(2,3)47-35(42)45-32-22-38-31(21-26-12-14-29(43-4)15-13-26)33(32)46-34(41)37-17-16-28-24-39(25-30-11-8-20-44-30)18-19-40(28)23-27-9-6-5-7-10-27/h5-7,9-10,12-15,28,30-33,38H,8,11,16-25H2,1-4H3,(H,37,41)/t28-,30?,31+,32-,33-/m0/s1. The second-order valence-electron chi connectivity index (χ2n) is 13.8. The second-order valence-corrected chi connectivity index (χ2v) is 13.8. The first-order chi connectivity index (χ1) is 22.6. The normalized spacial score (nSPS) is 25.3. The third kappa shape index (κ3) is 10.8. The molecule has 3 aliphatic heterocycles. The third-order valence-corrected chi connectivity index (χ3v) is 8.99. The molecule has 11 heteroatoms. The van der Waals surface area contributed by atoms with Gasteiger partial charge in [0.05, 0.1) is 19.3 Å². The van der Waals surface area contributed by atoms with E-state index in [2.05, 4.69) is 44.7 Å². The van der Waals surface area contributed by atoms with Gasteiger partial charge >= 0.3 is 12.2 Å². The van der Waals surface area contributed by atoms with Crippen LogP contribution in [0.1, 0.15) is 51.2 Å². The first-order valence-corrected chi connectivity index (χ1v) is 17.0. The van der Waals surface area contributed by atoms with Gasteiger partial charge in [-0.15, -0.1) is 0 Å². The Morgan fingerprint density at radius 3 is 2.51 bits per heavy atom. The molecule has 47 heavy (non-hydrogen) atoms. The number of rotatable bonds is 12. The molecule has 0 saturated carbocycles. The fraction of sp³-hybridized carbons (Fsp3) is 0.611. The number of benzene rings is 2. The highest BCUT2D eigenvalue weighted by Gasteiger charge is 2.42. The van der Waals surface area contributed by atoms with Crippen LogP contribution in [0.5, 0.6) is 5.75 Å². The van der Waals surface area contributed by atoms with E-state index < -0.39 is 30.1 Å². The highest BCUT2D eigenvalue weighted by molar-refractivity contribution is 5.67. The van der Waals surface area contributed by atoms with Gasteiger partial charge < -0.3 is 34.3 Å². The Balaban J connectivity index is 1.19. The van der Waals surface area contributed by atoms with E-state index in [1.807, 2.05) is 30.3 Å². The lowest BCUT2D eigenvalue weighted by Gasteiger charge is -2.42. The molecule has 258 valence electrons. The van der Waals surface area contributed by atoms with E-state index in [9.17, 15) is 9.59 Å². The van der Waals surface area contributed by atoms with E-state index in [0.717, 1.165) is 69.9 Å². The van der Waals surface area contributed by atoms with Gasteiger partial charge in [0.15, 0.2) is 12.2 Å². The number of ether oxygens (including phenoxy) is 5. The Morgan fingerprint density at radius 2 is 1.81 bits per heavy atom. The number of hydrogen-bond donors (Lipinski definition) is 2. The average Bonchev–Trinajstić information content (AvgIpc) is 3.68. The van der Waals surface area contributed by atoms with Gasteiger partial charge in [-0.1, -0.05) is 42.5 Å². The molecular weight excluding hydrogens is 600 g/mol. The Hall–Kier alpha value is -3.38. The predicted molar refractivity (Wildman–Crippen MR) is 179 cm³/mol. The average molecular weight is 653 g/mol. The molecule has 0 aliphatic carbocycles. The highest BCUT2D eigenvalue weighted by atomic mass is 16.7. The van der Waals surface area contributed by atoms with Crippen LogP contribution in [0, 0.1) is 0 Å². The molecule has 1 unspecified atom stereocenters. The number of piperazine rings is 1. The monoisotopic (exact) mass is 652 g/mol. The summed E-state index contributed by atoms with van der Waals surface area (Å²) >= 11 is 0. The maximum absolute atomic E-state index is 13.3. The lowest BCUT2D eigenvalue weighted by molar-refractivity contribution is -0.0518. The van der Waals surface area contributed by atoms with Gasteiger partial charge in [-0.2, -0.15) is 0 Å². The molecule has 2 N–H and O–H groups in total. The van der Waals surface area contributed by atoms with Crippen molar-refractivity contribution in [2.75, 3.05) is 53.0 Å². The van der Waals surface area contributed by atoms with Gasteiger partial charge in [0.25, 0.3) is 0 Å². The van der Waals surface area contributed by atoms with Crippen LogP contribution >= 0.6 is 0 Å². The topological polar surface area (TPSA) is 111 Å². The van der Waals surface area contributed by atoms with E-state index in [0.29, 0.717) is 25.6 Å². The molecule has 2 aromatic rings. The van der Waals surface area contributed by atoms with Crippen molar-refractivity contribution < 1.29 is 33.3 Å². The molecule has 3 heterocycles. The van der Waals surface area contributed by atoms with E-state index >= 15 is 0 Å². The summed E-state index contributed by atoms with van der Waals surface area (Å²) in [6, 6.07) is 18.3. The van der Waals surface area contributed by atoms with Crippen molar-refractivity contribution in [1.82, 2.24) is 20.4 Å². The van der Waals surface area contributed by atoms with Gasteiger partial charge in [-0.05, 0) is 69.7 Å². The van der Waals surface area contributed by atoms with Crippen LogP contribution in [0.15, 0.2) is 54.6 Å². The van der Waals surface area contributed by atoms with Crippen LogP contribution in [0.3, 0.4) is 0 Å². The third-order valence-electron chi connectivity index (χ3n) is 8.99. The number of hydrogen-bond acceptors (Lipinski definition) is 10. The van der Waals surface area contributed by atoms with Crippen molar-refractivity contribution >= 4 is 12.2 Å². The van der Waals surface area contributed by atoms with Gasteiger partial charge in [-0.25, -0.2) is 9.59 Å². The fourth-order valence-electron chi connectivity index (χ4n) is 6.63. The predicted octanol–water partition coefficient (Wildman–Crippen LogP) is 4.38. The van der Waals surface area contributed by atoms with Crippen molar-refractivity contribution in [3.8, 4) is 5.75 Å². The summed E-state index contributed by atoms with van der Waals surface area (Å²) in [5.41, 5.74) is 1.62. The zero-order valence-electron chi connectivity index (χ0n) is 28.3. The summed E-state index contributed by atoms with van der Waals surface area (Å²) in [5.74, 6) is 0.765. The molecule has 3 aliphatic rings. The van der Waals surface area contributed by atoms with Crippen molar-refractivity contribution in [3.63, 3.8) is 0 Å². The Bertz CT molecular complexity index is 1270. The summed E-state index contributed by atoms with van der Waals surface area (Å²) in [6.45, 7) is 11.7. The number of amides is 1. The van der Waals surface area contributed by atoms with Crippen LogP contribution in [0.2, 0.25) is 0 Å². The van der Waals surface area contributed by atoms with Gasteiger partial charge in [0.2, 0.25) is 0 Å². The smallest absolute Gasteiger partial charge is 0.497 e. The van der Waals surface area contributed by atoms with E-state index in [1.165, 1.54) is 5.56 Å².